The molecule has 8 heteroatoms. The molecule has 1 amide bonds. The number of amides is 1. The van der Waals surface area contributed by atoms with Gasteiger partial charge in [-0.15, -0.1) is 6.58 Å². The quantitative estimate of drug-likeness (QED) is 0.292. The normalized spacial score (nSPS) is 27.0. The Balaban J connectivity index is 1.64. The summed E-state index contributed by atoms with van der Waals surface area (Å²) in [5.41, 5.74) is 1.39. The van der Waals surface area contributed by atoms with Gasteiger partial charge in [0.2, 0.25) is 15.9 Å². The number of hydrogen-bond acceptors (Lipinski definition) is 3. The minimum Gasteiger partial charge on any atom is -0.330 e. The molecular formula is C30H36Cl2N2O3S. The van der Waals surface area contributed by atoms with Crippen molar-refractivity contribution in [3.8, 4) is 0 Å². The Bertz CT molecular complexity index is 1310. The highest BCUT2D eigenvalue weighted by Gasteiger charge is 2.54. The molecule has 204 valence electrons. The molecule has 0 spiro atoms. The summed E-state index contributed by atoms with van der Waals surface area (Å²) in [7, 11) is -1.70. The molecular weight excluding hydrogens is 539 g/mol. The SMILES string of the molecule is C=CC[C@@]1(C)C[C@H](c2cccc(Cl)c2)[C@@H](c2ccc(Cl)cc2)N([C@H](CN(C)S(=O)(=O)C2CC2)C2CC2)C1=O. The number of carbonyl (C=O) groups excluding carboxylic acids is 1. The third-order valence-electron chi connectivity index (χ3n) is 8.53. The number of benzene rings is 2. The number of rotatable bonds is 10. The van der Waals surface area contributed by atoms with Gasteiger partial charge >= 0.3 is 0 Å². The lowest BCUT2D eigenvalue weighted by Crippen LogP contribution is -2.58. The molecule has 0 N–H and O–H groups in total. The third kappa shape index (κ3) is 5.42. The summed E-state index contributed by atoms with van der Waals surface area (Å²) in [4.78, 5) is 16.6. The van der Waals surface area contributed by atoms with Gasteiger partial charge in [0.25, 0.3) is 0 Å². The first-order chi connectivity index (χ1) is 18.0. The number of carbonyl (C=O) groups is 1. The second kappa shape index (κ2) is 10.6. The highest BCUT2D eigenvalue weighted by molar-refractivity contribution is 7.90. The van der Waals surface area contributed by atoms with Gasteiger partial charge in [-0.05, 0) is 79.8 Å². The van der Waals surface area contributed by atoms with Crippen molar-refractivity contribution in [1.82, 2.24) is 9.21 Å². The van der Waals surface area contributed by atoms with Crippen molar-refractivity contribution in [3.05, 3.63) is 82.4 Å². The van der Waals surface area contributed by atoms with Gasteiger partial charge in [-0.1, -0.05) is 60.5 Å². The Kier molecular flexibility index (Phi) is 7.73. The molecule has 0 unspecified atom stereocenters. The van der Waals surface area contributed by atoms with Crippen LogP contribution in [0.3, 0.4) is 0 Å². The highest BCUT2D eigenvalue weighted by Crippen LogP contribution is 2.54. The van der Waals surface area contributed by atoms with Crippen LogP contribution in [0.5, 0.6) is 0 Å². The van der Waals surface area contributed by atoms with E-state index < -0.39 is 15.4 Å². The van der Waals surface area contributed by atoms with Crippen LogP contribution < -0.4 is 0 Å². The van der Waals surface area contributed by atoms with Crippen molar-refractivity contribution in [2.24, 2.45) is 11.3 Å². The fourth-order valence-corrected chi connectivity index (χ4v) is 8.11. The molecule has 3 aliphatic rings. The molecule has 5 rings (SSSR count). The Hall–Kier alpha value is -1.86. The van der Waals surface area contributed by atoms with E-state index >= 15 is 0 Å². The van der Waals surface area contributed by atoms with E-state index in [1.807, 2.05) is 60.4 Å². The number of hydrogen-bond donors (Lipinski definition) is 0. The lowest BCUT2D eigenvalue weighted by Gasteiger charge is -2.52. The summed E-state index contributed by atoms with van der Waals surface area (Å²) in [6, 6.07) is 15.1. The lowest BCUT2D eigenvalue weighted by molar-refractivity contribution is -0.155. The van der Waals surface area contributed by atoms with Crippen LogP contribution in [0.4, 0.5) is 0 Å². The summed E-state index contributed by atoms with van der Waals surface area (Å²) in [6.07, 6.45) is 6.40. The van der Waals surface area contributed by atoms with Gasteiger partial charge in [-0.2, -0.15) is 0 Å². The molecule has 1 saturated heterocycles. The maximum absolute atomic E-state index is 14.5. The first-order valence-corrected chi connectivity index (χ1v) is 15.7. The number of halogens is 2. The molecule has 1 aliphatic heterocycles. The van der Waals surface area contributed by atoms with E-state index in [-0.39, 0.29) is 35.1 Å². The molecule has 0 bridgehead atoms. The maximum atomic E-state index is 14.5. The summed E-state index contributed by atoms with van der Waals surface area (Å²) in [6.45, 7) is 6.28. The van der Waals surface area contributed by atoms with E-state index in [0.29, 0.717) is 42.3 Å². The first kappa shape index (κ1) is 27.7. The molecule has 2 aromatic carbocycles. The predicted octanol–water partition coefficient (Wildman–Crippen LogP) is 6.84. The highest BCUT2D eigenvalue weighted by atomic mass is 35.5. The predicted molar refractivity (Wildman–Crippen MR) is 154 cm³/mol. The zero-order valence-electron chi connectivity index (χ0n) is 22.0. The van der Waals surface area contributed by atoms with Crippen molar-refractivity contribution in [3.63, 3.8) is 0 Å². The number of likely N-dealkylation sites (tertiary alicyclic amines) is 1. The van der Waals surface area contributed by atoms with E-state index in [0.717, 1.165) is 24.0 Å². The molecule has 2 saturated carbocycles. The molecule has 1 heterocycles. The average molecular weight is 576 g/mol. The van der Waals surface area contributed by atoms with Crippen LogP contribution in [0.2, 0.25) is 10.0 Å². The third-order valence-corrected chi connectivity index (χ3v) is 11.4. The Morgan fingerprint density at radius 1 is 1.08 bits per heavy atom. The maximum Gasteiger partial charge on any atom is 0.229 e. The number of piperidine rings is 1. The zero-order valence-corrected chi connectivity index (χ0v) is 24.4. The molecule has 5 nitrogen and oxygen atoms in total. The molecule has 0 radical (unpaired) electrons. The van der Waals surface area contributed by atoms with E-state index in [2.05, 4.69) is 12.6 Å². The Labute approximate surface area is 236 Å². The van der Waals surface area contributed by atoms with Gasteiger partial charge in [-0.3, -0.25) is 4.79 Å². The molecule has 0 aromatic heterocycles. The van der Waals surface area contributed by atoms with Gasteiger partial charge in [-0.25, -0.2) is 12.7 Å². The van der Waals surface area contributed by atoms with Crippen molar-refractivity contribution in [2.45, 2.75) is 68.7 Å². The molecule has 2 aliphatic carbocycles. The minimum atomic E-state index is -3.38. The van der Waals surface area contributed by atoms with Crippen LogP contribution in [0.25, 0.3) is 0 Å². The number of nitrogens with zero attached hydrogens (tertiary/aromatic N) is 2. The number of likely N-dealkylation sites (N-methyl/N-ethyl adjacent to an activating group) is 1. The molecule has 38 heavy (non-hydrogen) atoms. The standard InChI is InChI=1S/C30H36Cl2N2O3S/c1-4-16-30(2)18-26(22-6-5-7-24(32)17-22)28(21-10-12-23(31)13-11-21)34(29(30)35)27(20-8-9-20)19-33(3)38(36,37)25-14-15-25/h4-7,10-13,17,20,25-28H,1,8-9,14-16,18-19H2,2-3H3/t26-,27-,28-,30+/m1/s1. The van der Waals surface area contributed by atoms with E-state index in [1.54, 1.807) is 7.05 Å². The van der Waals surface area contributed by atoms with E-state index in [4.69, 9.17) is 23.2 Å². The monoisotopic (exact) mass is 574 g/mol. The fraction of sp³-hybridized carbons (Fsp3) is 0.500. The van der Waals surface area contributed by atoms with Gasteiger partial charge in [0.05, 0.1) is 16.7 Å². The Morgan fingerprint density at radius 3 is 2.34 bits per heavy atom. The van der Waals surface area contributed by atoms with Crippen LogP contribution in [0, 0.1) is 11.3 Å². The van der Waals surface area contributed by atoms with E-state index in [9.17, 15) is 13.2 Å². The molecule has 4 atom stereocenters. The van der Waals surface area contributed by atoms with Crippen LogP contribution in [0.15, 0.2) is 61.2 Å². The minimum absolute atomic E-state index is 0.0379. The second-order valence-electron chi connectivity index (χ2n) is 11.6. The van der Waals surface area contributed by atoms with Gasteiger partial charge in [0, 0.05) is 35.6 Å². The summed E-state index contributed by atoms with van der Waals surface area (Å²) >= 11 is 12.7. The van der Waals surface area contributed by atoms with Gasteiger partial charge in [0.1, 0.15) is 0 Å². The van der Waals surface area contributed by atoms with Crippen LogP contribution in [-0.2, 0) is 14.8 Å². The Morgan fingerprint density at radius 2 is 1.76 bits per heavy atom. The van der Waals surface area contributed by atoms with Gasteiger partial charge < -0.3 is 4.90 Å². The first-order valence-electron chi connectivity index (χ1n) is 13.4. The summed E-state index contributed by atoms with van der Waals surface area (Å²) in [5.74, 6) is 0.283. The van der Waals surface area contributed by atoms with Crippen LogP contribution in [0.1, 0.15) is 68.5 Å². The molecule has 3 fully saturated rings. The van der Waals surface area contributed by atoms with E-state index in [1.165, 1.54) is 4.31 Å². The van der Waals surface area contributed by atoms with Crippen LogP contribution in [-0.4, -0.2) is 48.4 Å². The second-order valence-corrected chi connectivity index (χ2v) is 14.8. The van der Waals surface area contributed by atoms with Gasteiger partial charge in [0.15, 0.2) is 0 Å². The van der Waals surface area contributed by atoms with Crippen LogP contribution >= 0.6 is 23.2 Å². The summed E-state index contributed by atoms with van der Waals surface area (Å²) in [5, 5.41) is 0.995. The topological polar surface area (TPSA) is 57.7 Å². The fourth-order valence-electron chi connectivity index (χ4n) is 6.19. The van der Waals surface area contributed by atoms with Crippen molar-refractivity contribution < 1.29 is 13.2 Å². The van der Waals surface area contributed by atoms with Crippen molar-refractivity contribution in [1.29, 1.82) is 0 Å². The molecule has 2 aromatic rings. The summed E-state index contributed by atoms with van der Waals surface area (Å²) < 4.78 is 27.8. The number of sulfonamides is 1. The van der Waals surface area contributed by atoms with Crippen molar-refractivity contribution >= 4 is 39.1 Å². The zero-order chi connectivity index (χ0) is 27.2. The number of allylic oxidation sites excluding steroid dienone is 1. The van der Waals surface area contributed by atoms with Crippen molar-refractivity contribution in [2.75, 3.05) is 13.6 Å². The smallest absolute Gasteiger partial charge is 0.229 e. The lowest BCUT2D eigenvalue weighted by atomic mass is 9.67. The largest absolute Gasteiger partial charge is 0.330 e. The average Bonchev–Trinajstić information content (AvgIpc) is 3.78.